The summed E-state index contributed by atoms with van der Waals surface area (Å²) in [5.41, 5.74) is 0. The molecule has 0 amide bonds. The average molecular weight is 281 g/mol. The molecule has 3 aliphatic heterocycles. The number of hydrogen-bond donors (Lipinski definition) is 1. The Bertz CT molecular complexity index is 257. The molecule has 3 rings (SSSR count). The second-order valence-electron chi connectivity index (χ2n) is 6.85. The second kappa shape index (κ2) is 8.35. The Hall–Kier alpha value is -0.120. The van der Waals surface area contributed by atoms with Gasteiger partial charge < -0.3 is 10.2 Å². The van der Waals surface area contributed by atoms with Crippen LogP contribution in [0.1, 0.15) is 52.9 Å². The summed E-state index contributed by atoms with van der Waals surface area (Å²) in [4.78, 5) is 5.24. The number of fused-ring (bicyclic) bond motifs is 3. The molecule has 118 valence electrons. The molecular formula is C17H35N3. The molecule has 0 aromatic carbocycles. The van der Waals surface area contributed by atoms with Crippen molar-refractivity contribution in [3.8, 4) is 0 Å². The molecule has 0 spiro atoms. The van der Waals surface area contributed by atoms with E-state index in [1.807, 2.05) is 0 Å². The first-order valence-electron chi connectivity index (χ1n) is 8.92. The lowest BCUT2D eigenvalue weighted by Gasteiger charge is -2.45. The molecule has 3 aliphatic rings. The van der Waals surface area contributed by atoms with Crippen LogP contribution in [0.3, 0.4) is 0 Å². The molecule has 3 heteroatoms. The third-order valence-electron chi connectivity index (χ3n) is 5.48. The van der Waals surface area contributed by atoms with Crippen LogP contribution in [0, 0.1) is 5.92 Å². The molecule has 2 bridgehead atoms. The summed E-state index contributed by atoms with van der Waals surface area (Å²) in [6.45, 7) is 14.4. The van der Waals surface area contributed by atoms with Gasteiger partial charge >= 0.3 is 0 Å². The molecule has 3 heterocycles. The summed E-state index contributed by atoms with van der Waals surface area (Å²) in [5.74, 6) is 1.03. The molecule has 20 heavy (non-hydrogen) atoms. The van der Waals surface area contributed by atoms with E-state index in [0.29, 0.717) is 6.04 Å². The molecule has 0 saturated carbocycles. The molecule has 3 fully saturated rings. The summed E-state index contributed by atoms with van der Waals surface area (Å²) >= 11 is 0. The van der Waals surface area contributed by atoms with Gasteiger partial charge in [0.05, 0.1) is 0 Å². The molecule has 2 unspecified atom stereocenters. The minimum absolute atomic E-state index is 0.673. The first-order valence-corrected chi connectivity index (χ1v) is 8.92. The smallest absolute Gasteiger partial charge is 0.0223 e. The van der Waals surface area contributed by atoms with E-state index in [9.17, 15) is 0 Å². The third kappa shape index (κ3) is 4.71. The quantitative estimate of drug-likeness (QED) is 0.701. The van der Waals surface area contributed by atoms with E-state index in [1.165, 1.54) is 71.4 Å². The summed E-state index contributed by atoms with van der Waals surface area (Å²) < 4.78 is 0. The molecular weight excluding hydrogens is 246 g/mol. The van der Waals surface area contributed by atoms with Crippen LogP contribution < -0.4 is 5.32 Å². The highest BCUT2D eigenvalue weighted by molar-refractivity contribution is 4.89. The SMILES string of the molecule is CCN(CC)CCCC(C)NCC1CC2CCN1CC2. The van der Waals surface area contributed by atoms with Gasteiger partial charge in [-0.15, -0.1) is 0 Å². The maximum atomic E-state index is 3.79. The van der Waals surface area contributed by atoms with Crippen molar-refractivity contribution in [2.75, 3.05) is 39.3 Å². The maximum absolute atomic E-state index is 3.79. The molecule has 3 saturated heterocycles. The van der Waals surface area contributed by atoms with Gasteiger partial charge in [-0.05, 0) is 77.7 Å². The summed E-state index contributed by atoms with van der Waals surface area (Å²) in [6, 6.07) is 1.50. The van der Waals surface area contributed by atoms with Crippen LogP contribution in [0.4, 0.5) is 0 Å². The number of nitrogens with zero attached hydrogens (tertiary/aromatic N) is 2. The third-order valence-corrected chi connectivity index (χ3v) is 5.48. The van der Waals surface area contributed by atoms with Crippen molar-refractivity contribution in [1.29, 1.82) is 0 Å². The minimum Gasteiger partial charge on any atom is -0.313 e. The van der Waals surface area contributed by atoms with Gasteiger partial charge in [0.25, 0.3) is 0 Å². The van der Waals surface area contributed by atoms with Gasteiger partial charge in [0, 0.05) is 18.6 Å². The van der Waals surface area contributed by atoms with Crippen molar-refractivity contribution in [1.82, 2.24) is 15.1 Å². The number of rotatable bonds is 9. The van der Waals surface area contributed by atoms with Crippen LogP contribution in [-0.2, 0) is 0 Å². The van der Waals surface area contributed by atoms with Crippen LogP contribution in [0.2, 0.25) is 0 Å². The molecule has 0 radical (unpaired) electrons. The topological polar surface area (TPSA) is 18.5 Å². The fraction of sp³-hybridized carbons (Fsp3) is 1.00. The van der Waals surface area contributed by atoms with E-state index in [-0.39, 0.29) is 0 Å². The maximum Gasteiger partial charge on any atom is 0.0223 e. The van der Waals surface area contributed by atoms with Gasteiger partial charge in [-0.1, -0.05) is 13.8 Å². The van der Waals surface area contributed by atoms with E-state index in [1.54, 1.807) is 0 Å². The number of nitrogens with one attached hydrogen (secondary N) is 1. The average Bonchev–Trinajstić information content (AvgIpc) is 2.51. The molecule has 1 N–H and O–H groups in total. The van der Waals surface area contributed by atoms with Crippen molar-refractivity contribution >= 4 is 0 Å². The van der Waals surface area contributed by atoms with Crippen molar-refractivity contribution < 1.29 is 0 Å². The monoisotopic (exact) mass is 281 g/mol. The number of piperidine rings is 3. The highest BCUT2D eigenvalue weighted by Gasteiger charge is 2.33. The van der Waals surface area contributed by atoms with E-state index in [0.717, 1.165) is 12.0 Å². The van der Waals surface area contributed by atoms with Crippen molar-refractivity contribution in [2.24, 2.45) is 5.92 Å². The summed E-state index contributed by atoms with van der Waals surface area (Å²) in [7, 11) is 0. The Balaban J connectivity index is 1.57. The minimum atomic E-state index is 0.673. The largest absolute Gasteiger partial charge is 0.313 e. The highest BCUT2D eigenvalue weighted by Crippen LogP contribution is 2.31. The van der Waals surface area contributed by atoms with Gasteiger partial charge in [-0.25, -0.2) is 0 Å². The van der Waals surface area contributed by atoms with Crippen LogP contribution in [0.15, 0.2) is 0 Å². The zero-order valence-electron chi connectivity index (χ0n) is 13.9. The molecule has 0 aromatic heterocycles. The number of hydrogen-bond acceptors (Lipinski definition) is 3. The molecule has 0 aromatic rings. The van der Waals surface area contributed by atoms with Gasteiger partial charge in [0.15, 0.2) is 0 Å². The predicted molar refractivity (Wildman–Crippen MR) is 87.2 cm³/mol. The Morgan fingerprint density at radius 2 is 1.90 bits per heavy atom. The fourth-order valence-corrected chi connectivity index (χ4v) is 3.90. The van der Waals surface area contributed by atoms with E-state index < -0.39 is 0 Å². The normalized spacial score (nSPS) is 30.9. The van der Waals surface area contributed by atoms with Gasteiger partial charge in [-0.3, -0.25) is 4.90 Å². The van der Waals surface area contributed by atoms with Crippen molar-refractivity contribution in [3.63, 3.8) is 0 Å². The predicted octanol–water partition coefficient (Wildman–Crippen LogP) is 2.57. The first kappa shape index (κ1) is 16.3. The zero-order chi connectivity index (χ0) is 14.4. The Labute approximate surface area is 126 Å². The zero-order valence-corrected chi connectivity index (χ0v) is 13.9. The Kier molecular flexibility index (Phi) is 6.79. The van der Waals surface area contributed by atoms with E-state index in [4.69, 9.17) is 0 Å². The lowest BCUT2D eigenvalue weighted by atomic mass is 9.83. The van der Waals surface area contributed by atoms with Gasteiger partial charge in [0.2, 0.25) is 0 Å². The van der Waals surface area contributed by atoms with Crippen LogP contribution in [0.5, 0.6) is 0 Å². The van der Waals surface area contributed by atoms with Crippen LogP contribution in [-0.4, -0.2) is 61.2 Å². The Morgan fingerprint density at radius 1 is 1.20 bits per heavy atom. The lowest BCUT2D eigenvalue weighted by molar-refractivity contribution is 0.0482. The van der Waals surface area contributed by atoms with Crippen LogP contribution >= 0.6 is 0 Å². The molecule has 0 aliphatic carbocycles. The van der Waals surface area contributed by atoms with Crippen LogP contribution in [0.25, 0.3) is 0 Å². The second-order valence-corrected chi connectivity index (χ2v) is 6.85. The van der Waals surface area contributed by atoms with Gasteiger partial charge in [-0.2, -0.15) is 0 Å². The summed E-state index contributed by atoms with van der Waals surface area (Å²) in [5, 5.41) is 3.79. The van der Waals surface area contributed by atoms with E-state index in [2.05, 4.69) is 35.9 Å². The Morgan fingerprint density at radius 3 is 2.45 bits per heavy atom. The standard InChI is InChI=1S/C17H35N3/c1-4-19(5-2)10-6-7-15(3)18-14-17-13-16-8-11-20(17)12-9-16/h15-18H,4-14H2,1-3H3. The molecule has 2 atom stereocenters. The van der Waals surface area contributed by atoms with Crippen molar-refractivity contribution in [2.45, 2.75) is 65.0 Å². The lowest BCUT2D eigenvalue weighted by Crippen LogP contribution is -2.53. The first-order chi connectivity index (χ1) is 9.72. The summed E-state index contributed by atoms with van der Waals surface area (Å²) in [6.07, 6.45) is 6.99. The van der Waals surface area contributed by atoms with Crippen molar-refractivity contribution in [3.05, 3.63) is 0 Å². The molecule has 3 nitrogen and oxygen atoms in total. The van der Waals surface area contributed by atoms with E-state index >= 15 is 0 Å². The highest BCUT2D eigenvalue weighted by atomic mass is 15.2. The van der Waals surface area contributed by atoms with Gasteiger partial charge in [0.1, 0.15) is 0 Å². The fourth-order valence-electron chi connectivity index (χ4n) is 3.90.